The lowest BCUT2D eigenvalue weighted by molar-refractivity contribution is -0.384. The van der Waals surface area contributed by atoms with Crippen molar-refractivity contribution >= 4 is 28.9 Å². The Bertz CT molecular complexity index is 836. The van der Waals surface area contributed by atoms with E-state index < -0.39 is 10.8 Å². The number of benzene rings is 2. The van der Waals surface area contributed by atoms with E-state index in [-0.39, 0.29) is 12.3 Å². The van der Waals surface area contributed by atoms with Crippen molar-refractivity contribution in [3.63, 3.8) is 0 Å². The van der Waals surface area contributed by atoms with Gasteiger partial charge in [0.05, 0.1) is 10.6 Å². The molecule has 0 fully saturated rings. The average Bonchev–Trinajstić information content (AvgIpc) is 2.60. The number of hydrazone groups is 1. The normalized spacial score (nSPS) is 11.1. The molecule has 25 heavy (non-hydrogen) atoms. The molecule has 0 atom stereocenters. The fraction of sp³-hybridized carbons (Fsp3) is 0.176. The lowest BCUT2D eigenvalue weighted by Gasteiger charge is -2.07. The highest BCUT2D eigenvalue weighted by molar-refractivity contribution is 6.31. The Morgan fingerprint density at radius 2 is 2.08 bits per heavy atom. The van der Waals surface area contributed by atoms with Crippen LogP contribution >= 0.6 is 11.6 Å². The number of carbonyl (C=O) groups is 1. The van der Waals surface area contributed by atoms with E-state index in [1.54, 1.807) is 37.3 Å². The molecule has 0 aromatic heterocycles. The van der Waals surface area contributed by atoms with Gasteiger partial charge in [0.25, 0.3) is 11.6 Å². The standard InChI is InChI=1S/C17H16ClN3O4/c1-11-8-15(6-7-16(11)18)25-10-17(22)20-19-12(2)13-4-3-5-14(9-13)21(23)24/h3-9H,10H2,1-2H3,(H,20,22)/b19-12+. The molecule has 2 aromatic rings. The number of nitrogens with one attached hydrogen (secondary N) is 1. The molecular formula is C17H16ClN3O4. The maximum Gasteiger partial charge on any atom is 0.277 e. The van der Waals surface area contributed by atoms with Crippen LogP contribution in [-0.2, 0) is 4.79 Å². The van der Waals surface area contributed by atoms with Crippen molar-refractivity contribution in [2.75, 3.05) is 6.61 Å². The maximum atomic E-state index is 11.8. The predicted octanol–water partition coefficient (Wildman–Crippen LogP) is 3.48. The van der Waals surface area contributed by atoms with Crippen LogP contribution in [-0.4, -0.2) is 23.1 Å². The second kappa shape index (κ2) is 8.25. The number of nitro groups is 1. The van der Waals surface area contributed by atoms with Gasteiger partial charge in [-0.15, -0.1) is 0 Å². The Morgan fingerprint density at radius 3 is 2.76 bits per heavy atom. The van der Waals surface area contributed by atoms with E-state index in [0.29, 0.717) is 22.0 Å². The molecule has 0 heterocycles. The molecule has 0 saturated carbocycles. The molecule has 2 rings (SSSR count). The van der Waals surface area contributed by atoms with Crippen LogP contribution in [0.25, 0.3) is 0 Å². The molecular weight excluding hydrogens is 346 g/mol. The van der Waals surface area contributed by atoms with Gasteiger partial charge in [-0.25, -0.2) is 5.43 Å². The van der Waals surface area contributed by atoms with Gasteiger partial charge in [0.1, 0.15) is 5.75 Å². The molecule has 2 aromatic carbocycles. The molecule has 0 unspecified atom stereocenters. The molecule has 0 radical (unpaired) electrons. The van der Waals surface area contributed by atoms with Gasteiger partial charge in [0.2, 0.25) is 0 Å². The van der Waals surface area contributed by atoms with Crippen LogP contribution in [0, 0.1) is 17.0 Å². The number of hydrogen-bond donors (Lipinski definition) is 1. The molecule has 0 aliphatic rings. The SMILES string of the molecule is C/C(=N\NC(=O)COc1ccc(Cl)c(C)c1)c1cccc([N+](=O)[O-])c1. The van der Waals surface area contributed by atoms with Gasteiger partial charge in [-0.3, -0.25) is 14.9 Å². The number of halogens is 1. The van der Waals surface area contributed by atoms with Gasteiger partial charge >= 0.3 is 0 Å². The summed E-state index contributed by atoms with van der Waals surface area (Å²) in [4.78, 5) is 22.1. The number of non-ortho nitro benzene ring substituents is 1. The van der Waals surface area contributed by atoms with Crippen LogP contribution in [0.5, 0.6) is 5.75 Å². The number of hydrogen-bond acceptors (Lipinski definition) is 5. The maximum absolute atomic E-state index is 11.8. The fourth-order valence-electron chi connectivity index (χ4n) is 1.94. The van der Waals surface area contributed by atoms with Crippen LogP contribution in [0.4, 0.5) is 5.69 Å². The summed E-state index contributed by atoms with van der Waals surface area (Å²) in [5.74, 6) is 0.0776. The molecule has 1 N–H and O–H groups in total. The van der Waals surface area contributed by atoms with Gasteiger partial charge in [0, 0.05) is 22.7 Å². The molecule has 0 aliphatic carbocycles. The molecule has 130 valence electrons. The summed E-state index contributed by atoms with van der Waals surface area (Å²) in [5, 5.41) is 15.3. The van der Waals surface area contributed by atoms with E-state index in [2.05, 4.69) is 10.5 Å². The van der Waals surface area contributed by atoms with E-state index in [1.807, 2.05) is 6.92 Å². The summed E-state index contributed by atoms with van der Waals surface area (Å²) in [6, 6.07) is 11.1. The van der Waals surface area contributed by atoms with E-state index in [0.717, 1.165) is 5.56 Å². The highest BCUT2D eigenvalue weighted by atomic mass is 35.5. The van der Waals surface area contributed by atoms with Crippen molar-refractivity contribution < 1.29 is 14.5 Å². The summed E-state index contributed by atoms with van der Waals surface area (Å²) in [5.41, 5.74) is 4.15. The van der Waals surface area contributed by atoms with Crippen LogP contribution in [0.1, 0.15) is 18.1 Å². The smallest absolute Gasteiger partial charge is 0.277 e. The minimum Gasteiger partial charge on any atom is -0.484 e. The molecule has 0 spiro atoms. The number of aryl methyl sites for hydroxylation is 1. The quantitative estimate of drug-likeness (QED) is 0.484. The number of nitrogens with zero attached hydrogens (tertiary/aromatic N) is 2. The molecule has 0 bridgehead atoms. The Hall–Kier alpha value is -2.93. The zero-order valence-electron chi connectivity index (χ0n) is 13.7. The van der Waals surface area contributed by atoms with Gasteiger partial charge in [-0.1, -0.05) is 23.7 Å². The van der Waals surface area contributed by atoms with Crippen molar-refractivity contribution in [2.24, 2.45) is 5.10 Å². The Balaban J connectivity index is 1.93. The lowest BCUT2D eigenvalue weighted by Crippen LogP contribution is -2.25. The molecule has 1 amide bonds. The first kappa shape index (κ1) is 18.4. The van der Waals surface area contributed by atoms with Crippen molar-refractivity contribution in [3.8, 4) is 5.75 Å². The second-order valence-corrected chi connectivity index (χ2v) is 5.65. The molecule has 8 heteroatoms. The van der Waals surface area contributed by atoms with Gasteiger partial charge in [-0.05, 0) is 37.6 Å². The summed E-state index contributed by atoms with van der Waals surface area (Å²) in [7, 11) is 0. The van der Waals surface area contributed by atoms with E-state index in [9.17, 15) is 14.9 Å². The first-order valence-corrected chi connectivity index (χ1v) is 7.71. The van der Waals surface area contributed by atoms with E-state index >= 15 is 0 Å². The monoisotopic (exact) mass is 361 g/mol. The van der Waals surface area contributed by atoms with Crippen LogP contribution in [0.2, 0.25) is 5.02 Å². The second-order valence-electron chi connectivity index (χ2n) is 5.24. The highest BCUT2D eigenvalue weighted by Gasteiger charge is 2.08. The first-order valence-electron chi connectivity index (χ1n) is 7.33. The number of rotatable bonds is 6. The van der Waals surface area contributed by atoms with Crippen LogP contribution in [0.15, 0.2) is 47.6 Å². The minimum absolute atomic E-state index is 0.0418. The van der Waals surface area contributed by atoms with Crippen LogP contribution in [0.3, 0.4) is 0 Å². The largest absolute Gasteiger partial charge is 0.484 e. The van der Waals surface area contributed by atoms with Gasteiger partial charge < -0.3 is 4.74 Å². The minimum atomic E-state index is -0.489. The third kappa shape index (κ3) is 5.29. The van der Waals surface area contributed by atoms with Crippen LogP contribution < -0.4 is 10.2 Å². The van der Waals surface area contributed by atoms with Crippen molar-refractivity contribution in [2.45, 2.75) is 13.8 Å². The van der Waals surface area contributed by atoms with Gasteiger partial charge in [0.15, 0.2) is 6.61 Å². The van der Waals surface area contributed by atoms with Crippen molar-refractivity contribution in [1.29, 1.82) is 0 Å². The third-order valence-electron chi connectivity index (χ3n) is 3.32. The first-order chi connectivity index (χ1) is 11.9. The topological polar surface area (TPSA) is 93.8 Å². The zero-order valence-corrected chi connectivity index (χ0v) is 14.4. The fourth-order valence-corrected chi connectivity index (χ4v) is 2.06. The van der Waals surface area contributed by atoms with Crippen molar-refractivity contribution in [1.82, 2.24) is 5.43 Å². The van der Waals surface area contributed by atoms with Gasteiger partial charge in [-0.2, -0.15) is 5.10 Å². The molecule has 0 saturated heterocycles. The lowest BCUT2D eigenvalue weighted by atomic mass is 10.1. The Labute approximate surface area is 149 Å². The number of amides is 1. The highest BCUT2D eigenvalue weighted by Crippen LogP contribution is 2.20. The Kier molecular flexibility index (Phi) is 6.08. The molecule has 0 aliphatic heterocycles. The average molecular weight is 362 g/mol. The van der Waals surface area contributed by atoms with Crippen molar-refractivity contribution in [3.05, 3.63) is 68.7 Å². The third-order valence-corrected chi connectivity index (χ3v) is 3.75. The Morgan fingerprint density at radius 1 is 1.32 bits per heavy atom. The zero-order chi connectivity index (χ0) is 18.4. The summed E-state index contributed by atoms with van der Waals surface area (Å²) in [6.07, 6.45) is 0. The number of carbonyl (C=O) groups excluding carboxylic acids is 1. The predicted molar refractivity (Wildman–Crippen MR) is 95.1 cm³/mol. The summed E-state index contributed by atoms with van der Waals surface area (Å²) < 4.78 is 5.36. The molecule has 7 nitrogen and oxygen atoms in total. The summed E-state index contributed by atoms with van der Waals surface area (Å²) >= 11 is 5.92. The van der Waals surface area contributed by atoms with E-state index in [4.69, 9.17) is 16.3 Å². The summed E-state index contributed by atoms with van der Waals surface area (Å²) in [6.45, 7) is 3.26. The van der Waals surface area contributed by atoms with E-state index in [1.165, 1.54) is 12.1 Å². The number of nitro benzene ring substituents is 1. The number of ether oxygens (including phenoxy) is 1.